The van der Waals surface area contributed by atoms with E-state index in [9.17, 15) is 0 Å². The number of methoxy groups -OCH3 is 2. The summed E-state index contributed by atoms with van der Waals surface area (Å²) in [6.07, 6.45) is 1.33. The smallest absolute Gasteiger partial charge is 0.150 e. The molecule has 3 aromatic rings. The van der Waals surface area contributed by atoms with Gasteiger partial charge in [0, 0.05) is 17.2 Å². The summed E-state index contributed by atoms with van der Waals surface area (Å²) in [5.41, 5.74) is 7.86. The average molecular weight is 355 g/mol. The Morgan fingerprint density at radius 1 is 1.08 bits per heavy atom. The summed E-state index contributed by atoms with van der Waals surface area (Å²) in [7, 11) is 3.20. The Balaban J connectivity index is 0.000000197. The highest BCUT2D eigenvalue weighted by Crippen LogP contribution is 2.28. The summed E-state index contributed by atoms with van der Waals surface area (Å²) in [5.74, 6) is 2.13. The normalized spacial score (nSPS) is 10.3. The monoisotopic (exact) mass is 355 g/mol. The molecule has 0 saturated heterocycles. The highest BCUT2D eigenvalue weighted by molar-refractivity contribution is 5.82. The lowest BCUT2D eigenvalue weighted by atomic mass is 10.1. The molecule has 0 atom stereocenters. The Morgan fingerprint density at radius 2 is 1.73 bits per heavy atom. The number of nitrogens with two attached hydrogens (primary N) is 1. The highest BCUT2D eigenvalue weighted by Gasteiger charge is 2.09. The average Bonchev–Trinajstić information content (AvgIpc) is 3.18. The van der Waals surface area contributed by atoms with Gasteiger partial charge in [-0.15, -0.1) is 0 Å². The molecule has 26 heavy (non-hydrogen) atoms. The number of para-hydroxylation sites is 2. The first-order chi connectivity index (χ1) is 12.7. The third-order valence-electron chi connectivity index (χ3n) is 3.48. The second kappa shape index (κ2) is 9.85. The van der Waals surface area contributed by atoms with Gasteiger partial charge in [0.05, 0.1) is 27.0 Å². The molecule has 1 aromatic heterocycles. The topological polar surface area (TPSA) is 103 Å². The Kier molecular flexibility index (Phi) is 7.20. The number of ether oxygens (including phenoxy) is 2. The van der Waals surface area contributed by atoms with Crippen molar-refractivity contribution in [1.82, 2.24) is 5.16 Å². The van der Waals surface area contributed by atoms with Gasteiger partial charge in [-0.2, -0.15) is 0 Å². The van der Waals surface area contributed by atoms with E-state index in [1.165, 1.54) is 6.21 Å². The second-order valence-electron chi connectivity index (χ2n) is 5.07. The van der Waals surface area contributed by atoms with Crippen LogP contribution in [0, 0.1) is 0 Å². The molecule has 0 fully saturated rings. The van der Waals surface area contributed by atoms with Crippen molar-refractivity contribution in [2.75, 3.05) is 14.2 Å². The van der Waals surface area contributed by atoms with Gasteiger partial charge in [-0.25, -0.2) is 0 Å². The molecule has 0 bridgehead atoms. The predicted octanol–water partition coefficient (Wildman–Crippen LogP) is 3.31. The zero-order valence-corrected chi connectivity index (χ0v) is 14.6. The Hall–Kier alpha value is -3.32. The third kappa shape index (κ3) is 4.84. The van der Waals surface area contributed by atoms with Gasteiger partial charge < -0.3 is 24.9 Å². The van der Waals surface area contributed by atoms with E-state index in [0.717, 1.165) is 22.6 Å². The fourth-order valence-electron chi connectivity index (χ4n) is 2.23. The van der Waals surface area contributed by atoms with E-state index in [0.29, 0.717) is 18.1 Å². The van der Waals surface area contributed by atoms with Crippen LogP contribution in [0.5, 0.6) is 11.5 Å². The van der Waals surface area contributed by atoms with Crippen LogP contribution in [0.4, 0.5) is 0 Å². The third-order valence-corrected chi connectivity index (χ3v) is 3.48. The van der Waals surface area contributed by atoms with Gasteiger partial charge in [0.2, 0.25) is 0 Å². The van der Waals surface area contributed by atoms with Gasteiger partial charge in [-0.05, 0) is 24.3 Å². The maximum Gasteiger partial charge on any atom is 0.150 e. The fraction of sp³-hybridized carbons (Fsp3) is 0.158. The lowest BCUT2D eigenvalue weighted by Gasteiger charge is -2.03. The molecule has 3 N–H and O–H groups in total. The van der Waals surface area contributed by atoms with E-state index < -0.39 is 0 Å². The maximum absolute atomic E-state index is 8.25. The van der Waals surface area contributed by atoms with Crippen molar-refractivity contribution in [3.8, 4) is 22.8 Å². The molecule has 0 unspecified atom stereocenters. The van der Waals surface area contributed by atoms with Crippen LogP contribution >= 0.6 is 0 Å². The number of oxime groups is 1. The summed E-state index contributed by atoms with van der Waals surface area (Å²) >= 11 is 0. The van der Waals surface area contributed by atoms with Crippen LogP contribution in [0.15, 0.2) is 64.3 Å². The molecule has 3 rings (SSSR count). The number of rotatable bonds is 5. The second-order valence-corrected chi connectivity index (χ2v) is 5.07. The Bertz CT molecular complexity index is 846. The minimum atomic E-state index is 0.349. The van der Waals surface area contributed by atoms with Gasteiger partial charge in [0.25, 0.3) is 0 Å². The molecule has 0 aliphatic rings. The van der Waals surface area contributed by atoms with Crippen molar-refractivity contribution < 1.29 is 19.2 Å². The van der Waals surface area contributed by atoms with Gasteiger partial charge in [0.1, 0.15) is 17.2 Å². The molecule has 0 saturated carbocycles. The van der Waals surface area contributed by atoms with Crippen LogP contribution in [-0.2, 0) is 6.54 Å². The molecular weight excluding hydrogens is 334 g/mol. The molecule has 0 spiro atoms. The van der Waals surface area contributed by atoms with Crippen LogP contribution in [0.3, 0.4) is 0 Å². The summed E-state index contributed by atoms with van der Waals surface area (Å²) in [6.45, 7) is 0.349. The van der Waals surface area contributed by atoms with Crippen molar-refractivity contribution >= 4 is 6.21 Å². The summed E-state index contributed by atoms with van der Waals surface area (Å²) in [5, 5.41) is 15.1. The predicted molar refractivity (Wildman–Crippen MR) is 98.8 cm³/mol. The first kappa shape index (κ1) is 19.0. The quantitative estimate of drug-likeness (QED) is 0.413. The van der Waals surface area contributed by atoms with Crippen LogP contribution < -0.4 is 15.2 Å². The molecule has 136 valence electrons. The van der Waals surface area contributed by atoms with Crippen molar-refractivity contribution in [2.45, 2.75) is 6.54 Å². The van der Waals surface area contributed by atoms with E-state index in [1.807, 2.05) is 42.5 Å². The summed E-state index contributed by atoms with van der Waals surface area (Å²) in [4.78, 5) is 0. The van der Waals surface area contributed by atoms with E-state index in [1.54, 1.807) is 26.4 Å². The molecular formula is C19H21N3O4. The zero-order valence-electron chi connectivity index (χ0n) is 14.6. The Morgan fingerprint density at radius 3 is 2.35 bits per heavy atom. The van der Waals surface area contributed by atoms with E-state index in [2.05, 4.69) is 10.3 Å². The number of nitrogens with zero attached hydrogens (tertiary/aromatic N) is 2. The number of hydrogen-bond acceptors (Lipinski definition) is 7. The van der Waals surface area contributed by atoms with Crippen molar-refractivity contribution in [3.05, 3.63) is 65.9 Å². The largest absolute Gasteiger partial charge is 0.496 e. The molecule has 0 amide bonds. The minimum Gasteiger partial charge on any atom is -0.496 e. The lowest BCUT2D eigenvalue weighted by Crippen LogP contribution is -1.92. The zero-order chi connectivity index (χ0) is 18.8. The summed E-state index contributed by atoms with van der Waals surface area (Å²) < 4.78 is 15.3. The number of benzene rings is 2. The SMILES string of the molecule is COc1ccccc1-c1cc(CN)on1.COc1ccccc1C=NO. The molecule has 0 radical (unpaired) electrons. The first-order valence-corrected chi connectivity index (χ1v) is 7.83. The highest BCUT2D eigenvalue weighted by atomic mass is 16.5. The fourth-order valence-corrected chi connectivity index (χ4v) is 2.23. The lowest BCUT2D eigenvalue weighted by molar-refractivity contribution is 0.321. The van der Waals surface area contributed by atoms with E-state index >= 15 is 0 Å². The van der Waals surface area contributed by atoms with Gasteiger partial charge in [-0.1, -0.05) is 34.6 Å². The Labute approximate surface area is 151 Å². The molecule has 0 aliphatic heterocycles. The van der Waals surface area contributed by atoms with Crippen LogP contribution in [0.1, 0.15) is 11.3 Å². The van der Waals surface area contributed by atoms with E-state index in [4.69, 9.17) is 24.9 Å². The van der Waals surface area contributed by atoms with Gasteiger partial charge >= 0.3 is 0 Å². The van der Waals surface area contributed by atoms with Crippen molar-refractivity contribution in [3.63, 3.8) is 0 Å². The van der Waals surface area contributed by atoms with Crippen molar-refractivity contribution in [2.24, 2.45) is 10.9 Å². The minimum absolute atomic E-state index is 0.349. The number of aromatic nitrogens is 1. The van der Waals surface area contributed by atoms with Gasteiger partial charge in [0.15, 0.2) is 5.76 Å². The first-order valence-electron chi connectivity index (χ1n) is 7.83. The van der Waals surface area contributed by atoms with Crippen LogP contribution in [0.2, 0.25) is 0 Å². The standard InChI is InChI=1S/C11H12N2O2.C8H9NO2/c1-14-11-5-3-2-4-9(11)10-6-8(7-12)15-13-10;1-11-8-5-3-2-4-7(8)6-9-10/h2-6H,7,12H2,1H3;2-6,10H,1H3. The molecule has 1 heterocycles. The van der Waals surface area contributed by atoms with Crippen LogP contribution in [-0.4, -0.2) is 30.8 Å². The molecule has 2 aromatic carbocycles. The van der Waals surface area contributed by atoms with Crippen molar-refractivity contribution in [1.29, 1.82) is 0 Å². The van der Waals surface area contributed by atoms with Gasteiger partial charge in [-0.3, -0.25) is 0 Å². The summed E-state index contributed by atoms with van der Waals surface area (Å²) in [6, 6.07) is 16.8. The maximum atomic E-state index is 8.25. The number of hydrogen-bond donors (Lipinski definition) is 2. The van der Waals surface area contributed by atoms with Crippen LogP contribution in [0.25, 0.3) is 11.3 Å². The van der Waals surface area contributed by atoms with E-state index in [-0.39, 0.29) is 0 Å². The molecule has 7 heteroatoms. The molecule has 7 nitrogen and oxygen atoms in total. The molecule has 0 aliphatic carbocycles.